The molecular formula is C26H32Cl2O2S2. The van der Waals surface area contributed by atoms with Crippen LogP contribution >= 0.6 is 46.7 Å². The number of hydrogen-bond donors (Lipinski definition) is 0. The first kappa shape index (κ1) is 27.3. The highest BCUT2D eigenvalue weighted by Crippen LogP contribution is 2.36. The summed E-state index contributed by atoms with van der Waals surface area (Å²) in [6.45, 7) is 12.8. The Bertz CT molecular complexity index is 894. The molecular weight excluding hydrogens is 479 g/mol. The minimum Gasteiger partial charge on any atom is -0.298 e. The molecule has 0 heterocycles. The molecule has 0 aliphatic carbocycles. The number of thioether (sulfide) groups is 2. The van der Waals surface area contributed by atoms with E-state index in [2.05, 4.69) is 53.7 Å². The minimum absolute atomic E-state index is 0.0555. The van der Waals surface area contributed by atoms with Crippen molar-refractivity contribution in [2.24, 2.45) is 0 Å². The SMILES string of the molecule is CC(C)(C)c1cc(C=O)c(SCCSc2c(C=O)cc(C(C)(C)C)cc2CCl)c(CCl)c1. The summed E-state index contributed by atoms with van der Waals surface area (Å²) in [5, 5.41) is 0. The van der Waals surface area contributed by atoms with E-state index in [-0.39, 0.29) is 10.8 Å². The fraction of sp³-hybridized carbons (Fsp3) is 0.462. The number of carbonyl (C=O) groups is 2. The van der Waals surface area contributed by atoms with E-state index >= 15 is 0 Å². The second-order valence-electron chi connectivity index (χ2n) is 9.81. The fourth-order valence-electron chi connectivity index (χ4n) is 3.31. The molecule has 0 aromatic heterocycles. The first-order valence-electron chi connectivity index (χ1n) is 10.6. The number of halogens is 2. The molecule has 0 aliphatic rings. The molecule has 2 nitrogen and oxygen atoms in total. The van der Waals surface area contributed by atoms with Crippen LogP contribution in [0.5, 0.6) is 0 Å². The van der Waals surface area contributed by atoms with Gasteiger partial charge in [-0.05, 0) is 45.2 Å². The van der Waals surface area contributed by atoms with E-state index in [9.17, 15) is 9.59 Å². The normalized spacial score (nSPS) is 12.1. The Morgan fingerprint density at radius 3 is 1.28 bits per heavy atom. The van der Waals surface area contributed by atoms with Gasteiger partial charge in [-0.3, -0.25) is 9.59 Å². The zero-order chi connectivity index (χ0) is 24.1. The third kappa shape index (κ3) is 6.79. The molecule has 0 radical (unpaired) electrons. The second-order valence-corrected chi connectivity index (χ2v) is 12.6. The Morgan fingerprint density at radius 1 is 0.688 bits per heavy atom. The maximum atomic E-state index is 11.8. The lowest BCUT2D eigenvalue weighted by molar-refractivity contribution is 0.111. The van der Waals surface area contributed by atoms with Crippen molar-refractivity contribution in [1.82, 2.24) is 0 Å². The molecule has 2 aromatic carbocycles. The van der Waals surface area contributed by atoms with E-state index in [1.807, 2.05) is 12.1 Å². The average Bonchev–Trinajstić information content (AvgIpc) is 2.74. The van der Waals surface area contributed by atoms with Gasteiger partial charge in [0.15, 0.2) is 12.6 Å². The van der Waals surface area contributed by atoms with E-state index in [4.69, 9.17) is 23.2 Å². The Morgan fingerprint density at radius 2 is 1.03 bits per heavy atom. The average molecular weight is 512 g/mol. The Labute approximate surface area is 211 Å². The highest BCUT2D eigenvalue weighted by Gasteiger charge is 2.20. The van der Waals surface area contributed by atoms with Gasteiger partial charge in [0.25, 0.3) is 0 Å². The molecule has 0 spiro atoms. The third-order valence-electron chi connectivity index (χ3n) is 5.24. The van der Waals surface area contributed by atoms with Gasteiger partial charge >= 0.3 is 0 Å². The largest absolute Gasteiger partial charge is 0.298 e. The van der Waals surface area contributed by atoms with Crippen molar-refractivity contribution in [2.45, 2.75) is 73.9 Å². The summed E-state index contributed by atoms with van der Waals surface area (Å²) in [7, 11) is 0. The highest BCUT2D eigenvalue weighted by molar-refractivity contribution is 8.03. The number of alkyl halides is 2. The van der Waals surface area contributed by atoms with Gasteiger partial charge in [0.05, 0.1) is 0 Å². The van der Waals surface area contributed by atoms with Crippen LogP contribution < -0.4 is 0 Å². The van der Waals surface area contributed by atoms with Crippen molar-refractivity contribution >= 4 is 59.3 Å². The van der Waals surface area contributed by atoms with E-state index in [1.54, 1.807) is 23.5 Å². The van der Waals surface area contributed by atoms with Gasteiger partial charge in [-0.25, -0.2) is 0 Å². The number of benzene rings is 2. The summed E-state index contributed by atoms with van der Waals surface area (Å²) in [6, 6.07) is 8.16. The monoisotopic (exact) mass is 510 g/mol. The zero-order valence-corrected chi connectivity index (χ0v) is 22.8. The maximum Gasteiger partial charge on any atom is 0.151 e. The van der Waals surface area contributed by atoms with Crippen molar-refractivity contribution in [3.8, 4) is 0 Å². The summed E-state index contributed by atoms with van der Waals surface area (Å²) in [6.07, 6.45) is 1.84. The third-order valence-corrected chi connectivity index (χ3v) is 8.46. The van der Waals surface area contributed by atoms with Gasteiger partial charge in [-0.15, -0.1) is 46.7 Å². The van der Waals surface area contributed by atoms with Gasteiger partial charge < -0.3 is 0 Å². The smallest absolute Gasteiger partial charge is 0.151 e. The molecule has 0 N–H and O–H groups in total. The first-order valence-corrected chi connectivity index (χ1v) is 13.6. The number of carbonyl (C=O) groups excluding carboxylic acids is 2. The lowest BCUT2D eigenvalue weighted by Crippen LogP contribution is -2.13. The van der Waals surface area contributed by atoms with E-state index in [1.165, 1.54) is 0 Å². The Balaban J connectivity index is 2.22. The van der Waals surface area contributed by atoms with E-state index < -0.39 is 0 Å². The lowest BCUT2D eigenvalue weighted by atomic mass is 9.85. The van der Waals surface area contributed by atoms with Crippen LogP contribution in [-0.2, 0) is 22.6 Å². The molecule has 0 saturated heterocycles. The van der Waals surface area contributed by atoms with Crippen LogP contribution in [0.4, 0.5) is 0 Å². The standard InChI is InChI=1S/C26H32Cl2O2S2/c1-25(2,3)21-9-17(13-27)23(19(11-21)15-29)31-7-8-32-24-18(14-28)10-22(26(4,5)6)12-20(24)16-30/h9-12,15-16H,7-8,13-14H2,1-6H3. The van der Waals surface area contributed by atoms with Crippen LogP contribution in [0, 0.1) is 0 Å². The van der Waals surface area contributed by atoms with Crippen LogP contribution in [0.2, 0.25) is 0 Å². The topological polar surface area (TPSA) is 34.1 Å². The van der Waals surface area contributed by atoms with Crippen molar-refractivity contribution in [3.05, 3.63) is 57.6 Å². The molecule has 2 aromatic rings. The highest BCUT2D eigenvalue weighted by atomic mass is 35.5. The quantitative estimate of drug-likeness (QED) is 0.147. The molecule has 6 heteroatoms. The summed E-state index contributed by atoms with van der Waals surface area (Å²) < 4.78 is 0. The predicted molar refractivity (Wildman–Crippen MR) is 142 cm³/mol. The second kappa shape index (κ2) is 11.5. The zero-order valence-electron chi connectivity index (χ0n) is 19.7. The number of hydrogen-bond acceptors (Lipinski definition) is 4. The fourth-order valence-corrected chi connectivity index (χ4v) is 6.14. The maximum absolute atomic E-state index is 11.8. The molecule has 0 unspecified atom stereocenters. The molecule has 2 rings (SSSR count). The molecule has 0 bridgehead atoms. The van der Waals surface area contributed by atoms with Gasteiger partial charge in [0.1, 0.15) is 0 Å². The molecule has 0 fully saturated rings. The van der Waals surface area contributed by atoms with Gasteiger partial charge in [-0.2, -0.15) is 0 Å². The summed E-state index contributed by atoms with van der Waals surface area (Å²) in [5.41, 5.74) is 5.45. The van der Waals surface area contributed by atoms with E-state index in [0.717, 1.165) is 56.1 Å². The molecule has 0 saturated carbocycles. The Kier molecular flexibility index (Phi) is 9.78. The lowest BCUT2D eigenvalue weighted by Gasteiger charge is -2.23. The first-order chi connectivity index (χ1) is 15.0. The van der Waals surface area contributed by atoms with Crippen LogP contribution in [0.15, 0.2) is 34.1 Å². The van der Waals surface area contributed by atoms with Crippen molar-refractivity contribution in [3.63, 3.8) is 0 Å². The number of rotatable bonds is 9. The molecule has 0 atom stereocenters. The van der Waals surface area contributed by atoms with Crippen LogP contribution in [-0.4, -0.2) is 24.1 Å². The number of aldehydes is 2. The van der Waals surface area contributed by atoms with Crippen molar-refractivity contribution in [2.75, 3.05) is 11.5 Å². The van der Waals surface area contributed by atoms with Crippen LogP contribution in [0.3, 0.4) is 0 Å². The van der Waals surface area contributed by atoms with Gasteiger partial charge in [0.2, 0.25) is 0 Å². The summed E-state index contributed by atoms with van der Waals surface area (Å²) in [4.78, 5) is 25.5. The molecule has 0 aliphatic heterocycles. The predicted octanol–water partition coefficient (Wildman–Crippen LogP) is 8.27. The van der Waals surface area contributed by atoms with E-state index in [0.29, 0.717) is 22.9 Å². The van der Waals surface area contributed by atoms with Crippen LogP contribution in [0.25, 0.3) is 0 Å². The summed E-state index contributed by atoms with van der Waals surface area (Å²) in [5.74, 6) is 2.29. The Hall–Kier alpha value is -0.940. The van der Waals surface area contributed by atoms with Gasteiger partial charge in [-0.1, -0.05) is 53.7 Å². The minimum atomic E-state index is -0.0555. The molecule has 0 amide bonds. The van der Waals surface area contributed by atoms with Crippen LogP contribution in [0.1, 0.15) is 84.5 Å². The summed E-state index contributed by atoms with van der Waals surface area (Å²) >= 11 is 15.7. The molecule has 174 valence electrons. The van der Waals surface area contributed by atoms with Crippen molar-refractivity contribution in [1.29, 1.82) is 0 Å². The van der Waals surface area contributed by atoms with Gasteiger partial charge in [0, 0.05) is 44.2 Å². The molecule has 32 heavy (non-hydrogen) atoms. The van der Waals surface area contributed by atoms with Crippen molar-refractivity contribution < 1.29 is 9.59 Å².